The van der Waals surface area contributed by atoms with Gasteiger partial charge in [0.1, 0.15) is 24.4 Å². The van der Waals surface area contributed by atoms with E-state index < -0.39 is 48.9 Å². The predicted molar refractivity (Wildman–Crippen MR) is 70.1 cm³/mol. The Morgan fingerprint density at radius 2 is 1.57 bits per heavy atom. The minimum Gasteiger partial charge on any atom is -0.480 e. The maximum Gasteiger partial charge on any atom is 0.326 e. The van der Waals surface area contributed by atoms with Crippen molar-refractivity contribution in [1.82, 2.24) is 5.32 Å². The second kappa shape index (κ2) is 8.90. The number of carbonyl (C=O) groups excluding carboxylic acids is 1. The van der Waals surface area contributed by atoms with Gasteiger partial charge in [-0.1, -0.05) is 13.8 Å². The number of aliphatic carboxylic acids is 1. The highest BCUT2D eigenvalue weighted by Gasteiger charge is 2.35. The van der Waals surface area contributed by atoms with Crippen LogP contribution in [0.4, 0.5) is 0 Å². The number of hydrogen-bond acceptors (Lipinski definition) is 7. The molecule has 7 N–H and O–H groups in total. The summed E-state index contributed by atoms with van der Waals surface area (Å²) in [5.41, 5.74) is 0. The largest absolute Gasteiger partial charge is 0.480 e. The molecule has 124 valence electrons. The summed E-state index contributed by atoms with van der Waals surface area (Å²) in [4.78, 5) is 22.6. The first kappa shape index (κ1) is 19.7. The minimum absolute atomic E-state index is 0.0322. The van der Waals surface area contributed by atoms with Crippen molar-refractivity contribution in [3.63, 3.8) is 0 Å². The molecule has 0 heterocycles. The van der Waals surface area contributed by atoms with E-state index in [9.17, 15) is 24.9 Å². The van der Waals surface area contributed by atoms with E-state index in [1.807, 2.05) is 5.32 Å². The highest BCUT2D eigenvalue weighted by Crippen LogP contribution is 2.08. The van der Waals surface area contributed by atoms with Gasteiger partial charge in [0.05, 0.1) is 6.61 Å². The van der Waals surface area contributed by atoms with Crippen molar-refractivity contribution in [2.24, 2.45) is 5.92 Å². The van der Waals surface area contributed by atoms with Gasteiger partial charge in [0.2, 0.25) is 0 Å². The molecule has 9 nitrogen and oxygen atoms in total. The molecule has 0 aliphatic carbocycles. The maximum atomic E-state index is 11.7. The Bertz CT molecular complexity index is 348. The molecule has 0 saturated carbocycles. The molecule has 0 radical (unpaired) electrons. The molecule has 0 aliphatic rings. The van der Waals surface area contributed by atoms with Gasteiger partial charge in [-0.2, -0.15) is 0 Å². The molecule has 0 aromatic heterocycles. The summed E-state index contributed by atoms with van der Waals surface area (Å²) in [6.07, 6.45) is -7.79. The van der Waals surface area contributed by atoms with Gasteiger partial charge in [-0.25, -0.2) is 4.79 Å². The molecule has 0 spiro atoms. The first-order valence-corrected chi connectivity index (χ1v) is 6.48. The number of nitrogens with one attached hydrogen (secondary N) is 1. The summed E-state index contributed by atoms with van der Waals surface area (Å²) in [7, 11) is 0. The Kier molecular flexibility index (Phi) is 8.37. The van der Waals surface area contributed by atoms with Gasteiger partial charge in [0.25, 0.3) is 5.91 Å². The van der Waals surface area contributed by atoms with Gasteiger partial charge in [0, 0.05) is 0 Å². The lowest BCUT2D eigenvalue weighted by Gasteiger charge is -2.26. The topological polar surface area (TPSA) is 168 Å². The zero-order chi connectivity index (χ0) is 16.7. The SMILES string of the molecule is CC(C)CC(NC(=O)C(O)C(O)C(O)C(O)CO)C(=O)O. The first-order valence-electron chi connectivity index (χ1n) is 6.48. The highest BCUT2D eigenvalue weighted by molar-refractivity contribution is 5.86. The van der Waals surface area contributed by atoms with E-state index >= 15 is 0 Å². The number of rotatable bonds is 9. The molecule has 9 heteroatoms. The normalized spacial score (nSPS) is 18.7. The number of carboxylic acid groups (broad SMARTS) is 1. The van der Waals surface area contributed by atoms with Crippen LogP contribution in [0.3, 0.4) is 0 Å². The molecule has 0 saturated heterocycles. The standard InChI is InChI=1S/C12H23NO8/c1-5(2)3-6(12(20)21)13-11(19)10(18)9(17)8(16)7(15)4-14/h5-10,14-18H,3-4H2,1-2H3,(H,13,19)(H,20,21). The first-order chi connectivity index (χ1) is 9.61. The van der Waals surface area contributed by atoms with Gasteiger partial charge in [-0.15, -0.1) is 0 Å². The van der Waals surface area contributed by atoms with Gasteiger partial charge in [-0.05, 0) is 12.3 Å². The summed E-state index contributed by atoms with van der Waals surface area (Å²) in [6, 6.07) is -1.25. The van der Waals surface area contributed by atoms with Gasteiger partial charge < -0.3 is 36.0 Å². The maximum absolute atomic E-state index is 11.7. The Hall–Kier alpha value is -1.26. The monoisotopic (exact) mass is 309 g/mol. The van der Waals surface area contributed by atoms with E-state index in [2.05, 4.69) is 0 Å². The lowest BCUT2D eigenvalue weighted by Crippen LogP contribution is -2.54. The van der Waals surface area contributed by atoms with Crippen molar-refractivity contribution in [1.29, 1.82) is 0 Å². The number of aliphatic hydroxyl groups is 5. The molecule has 0 bridgehead atoms. The Balaban J connectivity index is 4.71. The van der Waals surface area contributed by atoms with E-state index in [1.54, 1.807) is 13.8 Å². The lowest BCUT2D eigenvalue weighted by atomic mass is 10.0. The molecule has 0 rings (SSSR count). The smallest absolute Gasteiger partial charge is 0.326 e. The highest BCUT2D eigenvalue weighted by atomic mass is 16.4. The zero-order valence-electron chi connectivity index (χ0n) is 11.9. The third-order valence-corrected chi connectivity index (χ3v) is 2.85. The quantitative estimate of drug-likeness (QED) is 0.237. The van der Waals surface area contributed by atoms with Crippen LogP contribution < -0.4 is 5.32 Å². The zero-order valence-corrected chi connectivity index (χ0v) is 11.9. The Morgan fingerprint density at radius 1 is 1.05 bits per heavy atom. The second-order valence-electron chi connectivity index (χ2n) is 5.20. The fourth-order valence-corrected chi connectivity index (χ4v) is 1.63. The van der Waals surface area contributed by atoms with Crippen LogP contribution in [0.1, 0.15) is 20.3 Å². The van der Waals surface area contributed by atoms with Crippen LogP contribution in [0.5, 0.6) is 0 Å². The third kappa shape index (κ3) is 6.36. The van der Waals surface area contributed by atoms with Gasteiger partial charge in [-0.3, -0.25) is 4.79 Å². The van der Waals surface area contributed by atoms with Crippen LogP contribution in [0.2, 0.25) is 0 Å². The van der Waals surface area contributed by atoms with Crippen molar-refractivity contribution in [2.45, 2.75) is 50.7 Å². The van der Waals surface area contributed by atoms with E-state index in [1.165, 1.54) is 0 Å². The summed E-state index contributed by atoms with van der Waals surface area (Å²) >= 11 is 0. The van der Waals surface area contributed by atoms with E-state index in [-0.39, 0.29) is 12.3 Å². The number of aliphatic hydroxyl groups excluding tert-OH is 5. The molecular weight excluding hydrogens is 286 g/mol. The van der Waals surface area contributed by atoms with Crippen molar-refractivity contribution in [2.75, 3.05) is 6.61 Å². The summed E-state index contributed by atoms with van der Waals surface area (Å²) in [5.74, 6) is -2.52. The minimum atomic E-state index is -2.14. The summed E-state index contributed by atoms with van der Waals surface area (Å²) in [5, 5.41) is 57.2. The van der Waals surface area contributed by atoms with E-state index in [0.717, 1.165) is 0 Å². The van der Waals surface area contributed by atoms with Crippen LogP contribution in [-0.4, -0.2) is 79.6 Å². The van der Waals surface area contributed by atoms with Crippen LogP contribution in [0.15, 0.2) is 0 Å². The Labute approximate surface area is 121 Å². The fourth-order valence-electron chi connectivity index (χ4n) is 1.63. The molecule has 21 heavy (non-hydrogen) atoms. The molecule has 0 fully saturated rings. The lowest BCUT2D eigenvalue weighted by molar-refractivity contribution is -0.153. The van der Waals surface area contributed by atoms with Crippen molar-refractivity contribution < 1.29 is 40.2 Å². The summed E-state index contributed by atoms with van der Waals surface area (Å²) < 4.78 is 0. The second-order valence-corrected chi connectivity index (χ2v) is 5.20. The van der Waals surface area contributed by atoms with Crippen molar-refractivity contribution in [3.8, 4) is 0 Å². The predicted octanol–water partition coefficient (Wildman–Crippen LogP) is -2.96. The van der Waals surface area contributed by atoms with Crippen LogP contribution in [0.25, 0.3) is 0 Å². The third-order valence-electron chi connectivity index (χ3n) is 2.85. The number of carbonyl (C=O) groups is 2. The van der Waals surface area contributed by atoms with Gasteiger partial charge in [0.15, 0.2) is 6.10 Å². The molecule has 1 amide bonds. The fraction of sp³-hybridized carbons (Fsp3) is 0.833. The molecular formula is C12H23NO8. The molecule has 0 aromatic rings. The summed E-state index contributed by atoms with van der Waals surface area (Å²) in [6.45, 7) is 2.61. The average molecular weight is 309 g/mol. The Morgan fingerprint density at radius 3 is 1.95 bits per heavy atom. The van der Waals surface area contributed by atoms with Crippen LogP contribution >= 0.6 is 0 Å². The van der Waals surface area contributed by atoms with Crippen molar-refractivity contribution >= 4 is 11.9 Å². The van der Waals surface area contributed by atoms with Crippen LogP contribution in [0, 0.1) is 5.92 Å². The molecule has 0 aromatic carbocycles. The molecule has 5 atom stereocenters. The number of amides is 1. The van der Waals surface area contributed by atoms with E-state index in [4.69, 9.17) is 15.3 Å². The van der Waals surface area contributed by atoms with Crippen LogP contribution in [-0.2, 0) is 9.59 Å². The van der Waals surface area contributed by atoms with Gasteiger partial charge >= 0.3 is 5.97 Å². The average Bonchev–Trinajstić information content (AvgIpc) is 2.42. The van der Waals surface area contributed by atoms with E-state index in [0.29, 0.717) is 0 Å². The number of hydrogen-bond donors (Lipinski definition) is 7. The molecule has 0 aliphatic heterocycles. The molecule has 5 unspecified atom stereocenters. The number of carboxylic acids is 1. The van der Waals surface area contributed by atoms with Crippen molar-refractivity contribution in [3.05, 3.63) is 0 Å².